The Kier molecular flexibility index (Phi) is 7.07. The summed E-state index contributed by atoms with van der Waals surface area (Å²) in [5, 5.41) is 0.858. The second-order valence-corrected chi connectivity index (χ2v) is 8.12. The number of aromatic nitrogens is 1. The van der Waals surface area contributed by atoms with Crippen LogP contribution in [-0.4, -0.2) is 37.1 Å². The van der Waals surface area contributed by atoms with Gasteiger partial charge in [0.1, 0.15) is 17.2 Å². The van der Waals surface area contributed by atoms with Crippen LogP contribution < -0.4 is 15.4 Å². The highest BCUT2D eigenvalue weighted by Gasteiger charge is 2.24. The number of anilines is 2. The van der Waals surface area contributed by atoms with Crippen LogP contribution in [0.1, 0.15) is 41.0 Å². The van der Waals surface area contributed by atoms with Gasteiger partial charge in [0.15, 0.2) is 6.79 Å². The summed E-state index contributed by atoms with van der Waals surface area (Å²) in [6, 6.07) is 7.25. The molecule has 7 heteroatoms. The van der Waals surface area contributed by atoms with Gasteiger partial charge in [0.2, 0.25) is 0 Å². The summed E-state index contributed by atoms with van der Waals surface area (Å²) in [6.45, 7) is 10.4. The number of carbonyl (C=O) groups is 1. The van der Waals surface area contributed by atoms with Gasteiger partial charge in [-0.2, -0.15) is 0 Å². The molecule has 2 aromatic rings. The number of rotatable bonds is 7. The van der Waals surface area contributed by atoms with Gasteiger partial charge >= 0.3 is 6.09 Å². The monoisotopic (exact) mass is 389 g/mol. The molecule has 2 N–H and O–H groups in total. The Labute approximate surface area is 166 Å². The number of pyridine rings is 1. The van der Waals surface area contributed by atoms with Gasteiger partial charge in [-0.15, -0.1) is 0 Å². The normalized spacial score (nSPS) is 11.7. The van der Waals surface area contributed by atoms with E-state index < -0.39 is 11.7 Å². The van der Waals surface area contributed by atoms with E-state index in [0.29, 0.717) is 35.2 Å². The maximum Gasteiger partial charge on any atom is 0.416 e. The Hall–Kier alpha value is -2.54. The molecule has 2 rings (SSSR count). The third-order valence-corrected chi connectivity index (χ3v) is 3.96. The number of hydrogen-bond donors (Lipinski definition) is 1. The maximum atomic E-state index is 12.8. The molecule has 0 bridgehead atoms. The van der Waals surface area contributed by atoms with Crippen LogP contribution in [0.2, 0.25) is 0 Å². The lowest BCUT2D eigenvalue weighted by Gasteiger charge is -2.27. The Morgan fingerprint density at radius 1 is 1.25 bits per heavy atom. The van der Waals surface area contributed by atoms with Crippen molar-refractivity contribution in [3.8, 4) is 5.75 Å². The number of amides is 1. The predicted molar refractivity (Wildman–Crippen MR) is 112 cm³/mol. The topological polar surface area (TPSA) is 86.9 Å². The van der Waals surface area contributed by atoms with Crippen molar-refractivity contribution >= 4 is 28.5 Å². The second-order valence-electron chi connectivity index (χ2n) is 8.12. The standard InChI is InChI=1S/C21H31N3O4/c1-14(2)9-10-24(20(25)28-21(3,4)5)19-8-7-15-11-18(27-13-26-6)16(22)12-17(15)23-19/h7-8,11-12,14H,9-10,13,22H2,1-6H3. The molecule has 0 spiro atoms. The smallest absolute Gasteiger partial charge is 0.416 e. The van der Waals surface area contributed by atoms with Crippen molar-refractivity contribution in [3.63, 3.8) is 0 Å². The lowest BCUT2D eigenvalue weighted by Crippen LogP contribution is -2.38. The van der Waals surface area contributed by atoms with Crippen LogP contribution in [0.25, 0.3) is 10.9 Å². The summed E-state index contributed by atoms with van der Waals surface area (Å²) in [5.41, 5.74) is 6.63. The van der Waals surface area contributed by atoms with E-state index in [1.165, 1.54) is 0 Å². The van der Waals surface area contributed by atoms with Crippen LogP contribution in [0.5, 0.6) is 5.75 Å². The Bertz CT molecular complexity index is 815. The van der Waals surface area contributed by atoms with Crippen LogP contribution in [0.15, 0.2) is 24.3 Å². The van der Waals surface area contributed by atoms with E-state index in [-0.39, 0.29) is 6.79 Å². The molecule has 28 heavy (non-hydrogen) atoms. The van der Waals surface area contributed by atoms with Gasteiger partial charge in [0.05, 0.1) is 11.2 Å². The fraction of sp³-hybridized carbons (Fsp3) is 0.524. The SMILES string of the molecule is COCOc1cc2ccc(N(CCC(C)C)C(=O)OC(C)(C)C)nc2cc1N. The number of benzene rings is 1. The molecule has 0 fully saturated rings. The molecular formula is C21H31N3O4. The van der Waals surface area contributed by atoms with E-state index in [4.69, 9.17) is 19.9 Å². The first-order valence-corrected chi connectivity index (χ1v) is 9.43. The lowest BCUT2D eigenvalue weighted by molar-refractivity contribution is 0.0517. The van der Waals surface area contributed by atoms with Crippen LogP contribution in [0, 0.1) is 5.92 Å². The Balaban J connectivity index is 2.37. The molecule has 0 atom stereocenters. The predicted octanol–water partition coefficient (Wildman–Crippen LogP) is 4.59. The molecule has 0 aliphatic heterocycles. The summed E-state index contributed by atoms with van der Waals surface area (Å²) in [6.07, 6.45) is 0.429. The second kappa shape index (κ2) is 9.10. The molecule has 0 aliphatic carbocycles. The molecule has 0 saturated heterocycles. The van der Waals surface area contributed by atoms with Gasteiger partial charge in [-0.25, -0.2) is 9.78 Å². The molecule has 0 aliphatic rings. The van der Waals surface area contributed by atoms with Gasteiger partial charge in [-0.05, 0) is 57.4 Å². The first-order valence-electron chi connectivity index (χ1n) is 9.43. The van der Waals surface area contributed by atoms with Gasteiger partial charge in [-0.3, -0.25) is 4.90 Å². The highest BCUT2D eigenvalue weighted by molar-refractivity contribution is 5.91. The van der Waals surface area contributed by atoms with Crippen molar-refractivity contribution in [1.82, 2.24) is 4.98 Å². The minimum atomic E-state index is -0.581. The number of hydrogen-bond acceptors (Lipinski definition) is 6. The number of methoxy groups -OCH3 is 1. The van der Waals surface area contributed by atoms with E-state index in [1.807, 2.05) is 39.0 Å². The third kappa shape index (κ3) is 5.99. The first-order chi connectivity index (χ1) is 13.1. The number of fused-ring (bicyclic) bond motifs is 1. The van der Waals surface area contributed by atoms with Crippen LogP contribution in [0.4, 0.5) is 16.3 Å². The molecule has 154 valence electrons. The number of carbonyl (C=O) groups excluding carboxylic acids is 1. The van der Waals surface area contributed by atoms with Gasteiger partial charge < -0.3 is 19.9 Å². The summed E-state index contributed by atoms with van der Waals surface area (Å²) >= 11 is 0. The Morgan fingerprint density at radius 3 is 2.57 bits per heavy atom. The van der Waals surface area contributed by atoms with Crippen molar-refractivity contribution < 1.29 is 19.0 Å². The minimum Gasteiger partial charge on any atom is -0.465 e. The largest absolute Gasteiger partial charge is 0.465 e. The minimum absolute atomic E-state index is 0.114. The van der Waals surface area contributed by atoms with Crippen molar-refractivity contribution in [2.75, 3.05) is 31.1 Å². The van der Waals surface area contributed by atoms with E-state index >= 15 is 0 Å². The zero-order valence-corrected chi connectivity index (χ0v) is 17.6. The fourth-order valence-corrected chi connectivity index (χ4v) is 2.56. The summed E-state index contributed by atoms with van der Waals surface area (Å²) in [4.78, 5) is 19.0. The van der Waals surface area contributed by atoms with Crippen molar-refractivity contribution in [1.29, 1.82) is 0 Å². The average Bonchev–Trinajstić information content (AvgIpc) is 2.58. The summed E-state index contributed by atoms with van der Waals surface area (Å²) < 4.78 is 16.0. The molecule has 7 nitrogen and oxygen atoms in total. The molecule has 0 unspecified atom stereocenters. The van der Waals surface area contributed by atoms with E-state index in [9.17, 15) is 4.79 Å². The lowest BCUT2D eigenvalue weighted by atomic mass is 10.1. The zero-order chi connectivity index (χ0) is 20.9. The molecular weight excluding hydrogens is 358 g/mol. The number of ether oxygens (including phenoxy) is 3. The fourth-order valence-electron chi connectivity index (χ4n) is 2.56. The van der Waals surface area contributed by atoms with Crippen LogP contribution in [-0.2, 0) is 9.47 Å². The van der Waals surface area contributed by atoms with Crippen LogP contribution in [0.3, 0.4) is 0 Å². The number of nitrogens with zero attached hydrogens (tertiary/aromatic N) is 2. The molecule has 1 aromatic carbocycles. The first kappa shape index (κ1) is 21.8. The highest BCUT2D eigenvalue weighted by atomic mass is 16.7. The average molecular weight is 389 g/mol. The Morgan fingerprint density at radius 2 is 1.96 bits per heavy atom. The molecule has 0 radical (unpaired) electrons. The molecule has 0 saturated carbocycles. The maximum absolute atomic E-state index is 12.8. The molecule has 1 amide bonds. The van der Waals surface area contributed by atoms with Gasteiger partial charge in [0, 0.05) is 19.0 Å². The van der Waals surface area contributed by atoms with Crippen molar-refractivity contribution in [3.05, 3.63) is 24.3 Å². The van der Waals surface area contributed by atoms with Crippen LogP contribution >= 0.6 is 0 Å². The van der Waals surface area contributed by atoms with Crippen molar-refractivity contribution in [2.45, 2.75) is 46.6 Å². The van der Waals surface area contributed by atoms with E-state index in [2.05, 4.69) is 18.8 Å². The number of nitrogens with two attached hydrogens (primary N) is 1. The molecule has 1 heterocycles. The highest BCUT2D eigenvalue weighted by Crippen LogP contribution is 2.29. The summed E-state index contributed by atoms with van der Waals surface area (Å²) in [5.74, 6) is 1.52. The van der Waals surface area contributed by atoms with Gasteiger partial charge in [0.25, 0.3) is 0 Å². The summed E-state index contributed by atoms with van der Waals surface area (Å²) in [7, 11) is 1.55. The molecule has 1 aromatic heterocycles. The van der Waals surface area contributed by atoms with E-state index in [1.54, 1.807) is 18.1 Å². The quantitative estimate of drug-likeness (QED) is 0.551. The van der Waals surface area contributed by atoms with Crippen molar-refractivity contribution in [2.24, 2.45) is 5.92 Å². The van der Waals surface area contributed by atoms with E-state index in [0.717, 1.165) is 11.8 Å². The third-order valence-electron chi connectivity index (χ3n) is 3.96. The van der Waals surface area contributed by atoms with Gasteiger partial charge in [-0.1, -0.05) is 13.8 Å². The number of nitrogen functional groups attached to an aromatic ring is 1. The zero-order valence-electron chi connectivity index (χ0n) is 17.6.